The Morgan fingerprint density at radius 1 is 0.382 bits per heavy atom. The van der Waals surface area contributed by atoms with Crippen LogP contribution in [0.25, 0.3) is 82.1 Å². The minimum absolute atomic E-state index is 0.00977. The summed E-state index contributed by atoms with van der Waals surface area (Å²) in [5, 5.41) is 8.43. The summed E-state index contributed by atoms with van der Waals surface area (Å²) >= 11 is 0. The molecule has 55 heavy (non-hydrogen) atoms. The zero-order valence-electron chi connectivity index (χ0n) is 29.7. The number of hydrogen-bond donors (Lipinski definition) is 0. The fourth-order valence-corrected chi connectivity index (χ4v) is 8.25. The Bertz CT molecular complexity index is 3290. The molecule has 0 atom stereocenters. The molecule has 0 unspecified atom stereocenters. The summed E-state index contributed by atoms with van der Waals surface area (Å²) in [4.78, 5) is 15.5. The van der Waals surface area contributed by atoms with Gasteiger partial charge in [-0.2, -0.15) is 0 Å². The molecule has 0 bridgehead atoms. The summed E-state index contributed by atoms with van der Waals surface area (Å²) in [6.07, 6.45) is 0. The van der Waals surface area contributed by atoms with Crippen LogP contribution in [-0.4, -0.2) is 4.57 Å². The lowest BCUT2D eigenvalue weighted by atomic mass is 10.0. The van der Waals surface area contributed by atoms with Gasteiger partial charge in [-0.15, -0.1) is 0 Å². The van der Waals surface area contributed by atoms with Crippen LogP contribution < -0.4 is 10.3 Å². The second kappa shape index (κ2) is 12.3. The van der Waals surface area contributed by atoms with Crippen LogP contribution in [0.4, 0.5) is 17.1 Å². The maximum Gasteiger partial charge on any atom is 0.200 e. The highest BCUT2D eigenvalue weighted by atomic mass is 16.3. The van der Waals surface area contributed by atoms with Gasteiger partial charge in [0.2, 0.25) is 5.43 Å². The SMILES string of the molecule is O=c1c2ccccc2oc2cc(-c3ccc(-n4c5ccc(N(c6ccccc6)c6ccccc6)cc5c5cc6cc7ccccc7cc6cc54)cc3)ccc12. The topological polar surface area (TPSA) is 38.4 Å². The zero-order chi connectivity index (χ0) is 36.5. The maximum atomic E-state index is 13.2. The smallest absolute Gasteiger partial charge is 0.200 e. The molecule has 0 spiro atoms. The highest BCUT2D eigenvalue weighted by molar-refractivity contribution is 6.16. The number of para-hydroxylation sites is 3. The van der Waals surface area contributed by atoms with Gasteiger partial charge in [-0.1, -0.05) is 91.0 Å². The van der Waals surface area contributed by atoms with E-state index in [2.05, 4.69) is 161 Å². The number of nitrogens with zero attached hydrogens (tertiary/aromatic N) is 2. The van der Waals surface area contributed by atoms with Gasteiger partial charge in [0.15, 0.2) is 0 Å². The largest absolute Gasteiger partial charge is 0.456 e. The summed E-state index contributed by atoms with van der Waals surface area (Å²) in [6.45, 7) is 0. The van der Waals surface area contributed by atoms with Crippen molar-refractivity contribution in [3.8, 4) is 16.8 Å². The van der Waals surface area contributed by atoms with E-state index in [1.165, 1.54) is 32.3 Å². The standard InChI is InChI=1S/C51H32N2O2/c54-51-43-17-9-10-18-49(43)55-50-31-36(21-25-44(50)51)33-19-22-41(23-20-33)53-47-26-24-42(52(39-13-3-1-4-14-39)40-15-5-2-6-16-40)32-46(47)45-29-37-27-34-11-7-8-12-35(34)28-38(37)30-48(45)53/h1-32H. The predicted molar refractivity (Wildman–Crippen MR) is 229 cm³/mol. The molecule has 2 aromatic heterocycles. The van der Waals surface area contributed by atoms with E-state index in [1.807, 2.05) is 42.5 Å². The van der Waals surface area contributed by atoms with Crippen LogP contribution >= 0.6 is 0 Å². The average Bonchev–Trinajstić information content (AvgIpc) is 3.55. The normalized spacial score (nSPS) is 11.7. The number of benzene rings is 9. The molecule has 0 saturated heterocycles. The summed E-state index contributed by atoms with van der Waals surface area (Å²) in [5.74, 6) is 0. The lowest BCUT2D eigenvalue weighted by Gasteiger charge is -2.25. The van der Waals surface area contributed by atoms with Crippen molar-refractivity contribution in [1.29, 1.82) is 0 Å². The van der Waals surface area contributed by atoms with Crippen LogP contribution in [0.1, 0.15) is 0 Å². The van der Waals surface area contributed by atoms with Gasteiger partial charge < -0.3 is 13.9 Å². The van der Waals surface area contributed by atoms with E-state index in [1.54, 1.807) is 0 Å². The average molecular weight is 705 g/mol. The number of hydrogen-bond acceptors (Lipinski definition) is 3. The fourth-order valence-electron chi connectivity index (χ4n) is 8.25. The predicted octanol–water partition coefficient (Wildman–Crippen LogP) is 13.5. The first-order valence-corrected chi connectivity index (χ1v) is 18.5. The number of aromatic nitrogens is 1. The summed E-state index contributed by atoms with van der Waals surface area (Å²) in [5.41, 5.74) is 9.85. The van der Waals surface area contributed by atoms with Crippen LogP contribution in [0.3, 0.4) is 0 Å². The molecule has 2 heterocycles. The van der Waals surface area contributed by atoms with E-state index in [9.17, 15) is 4.79 Å². The Morgan fingerprint density at radius 2 is 0.982 bits per heavy atom. The molecule has 258 valence electrons. The first-order chi connectivity index (χ1) is 27.2. The molecular weight excluding hydrogens is 673 g/mol. The van der Waals surface area contributed by atoms with E-state index in [0.29, 0.717) is 21.9 Å². The lowest BCUT2D eigenvalue weighted by molar-refractivity contribution is 0.660. The molecule has 0 saturated carbocycles. The van der Waals surface area contributed by atoms with Crippen molar-refractivity contribution in [3.63, 3.8) is 0 Å². The van der Waals surface area contributed by atoms with Gasteiger partial charge in [0.25, 0.3) is 0 Å². The molecule has 0 aliphatic rings. The minimum atomic E-state index is -0.00977. The molecular formula is C51H32N2O2. The van der Waals surface area contributed by atoms with E-state index in [0.717, 1.165) is 44.9 Å². The van der Waals surface area contributed by atoms with Crippen LogP contribution in [0, 0.1) is 0 Å². The molecule has 9 aromatic carbocycles. The molecule has 4 nitrogen and oxygen atoms in total. The van der Waals surface area contributed by atoms with Crippen LogP contribution in [0.2, 0.25) is 0 Å². The first kappa shape index (κ1) is 31.1. The quantitative estimate of drug-likeness (QED) is 0.167. The minimum Gasteiger partial charge on any atom is -0.456 e. The Hall–Kier alpha value is -7.43. The first-order valence-electron chi connectivity index (χ1n) is 18.5. The fraction of sp³-hybridized carbons (Fsp3) is 0. The van der Waals surface area contributed by atoms with Gasteiger partial charge >= 0.3 is 0 Å². The van der Waals surface area contributed by atoms with Gasteiger partial charge in [-0.05, 0) is 136 Å². The van der Waals surface area contributed by atoms with Gasteiger partial charge in [0.05, 0.1) is 21.8 Å². The molecule has 11 aromatic rings. The molecule has 0 N–H and O–H groups in total. The van der Waals surface area contributed by atoms with Gasteiger partial charge in [0.1, 0.15) is 11.2 Å². The third kappa shape index (κ3) is 5.11. The van der Waals surface area contributed by atoms with Crippen LogP contribution in [0.5, 0.6) is 0 Å². The maximum absolute atomic E-state index is 13.2. The van der Waals surface area contributed by atoms with E-state index >= 15 is 0 Å². The number of rotatable bonds is 5. The lowest BCUT2D eigenvalue weighted by Crippen LogP contribution is -2.09. The Balaban J connectivity index is 1.10. The number of anilines is 3. The van der Waals surface area contributed by atoms with Crippen LogP contribution in [0.15, 0.2) is 203 Å². The highest BCUT2D eigenvalue weighted by Gasteiger charge is 2.18. The highest BCUT2D eigenvalue weighted by Crippen LogP contribution is 2.41. The summed E-state index contributed by atoms with van der Waals surface area (Å²) in [7, 11) is 0. The Kier molecular flexibility index (Phi) is 6.98. The zero-order valence-corrected chi connectivity index (χ0v) is 29.7. The monoisotopic (exact) mass is 704 g/mol. The molecule has 0 aliphatic heterocycles. The van der Waals surface area contributed by atoms with Crippen molar-refractivity contribution in [2.24, 2.45) is 0 Å². The Labute approximate surface area is 316 Å². The summed E-state index contributed by atoms with van der Waals surface area (Å²) < 4.78 is 8.59. The third-order valence-corrected chi connectivity index (χ3v) is 10.9. The second-order valence-electron chi connectivity index (χ2n) is 14.1. The molecule has 0 aliphatic carbocycles. The third-order valence-electron chi connectivity index (χ3n) is 10.9. The van der Waals surface area contributed by atoms with Crippen molar-refractivity contribution in [3.05, 3.63) is 204 Å². The second-order valence-corrected chi connectivity index (χ2v) is 14.1. The molecule has 11 rings (SSSR count). The van der Waals surface area contributed by atoms with Crippen molar-refractivity contribution < 1.29 is 4.42 Å². The molecule has 0 amide bonds. The van der Waals surface area contributed by atoms with E-state index in [4.69, 9.17) is 4.42 Å². The van der Waals surface area contributed by atoms with E-state index in [-0.39, 0.29) is 5.43 Å². The van der Waals surface area contributed by atoms with Gasteiger partial charge in [-0.3, -0.25) is 4.79 Å². The Morgan fingerprint density at radius 3 is 1.71 bits per heavy atom. The van der Waals surface area contributed by atoms with E-state index < -0.39 is 0 Å². The van der Waals surface area contributed by atoms with Crippen molar-refractivity contribution >= 4 is 82.4 Å². The van der Waals surface area contributed by atoms with Crippen molar-refractivity contribution in [2.75, 3.05) is 4.90 Å². The summed E-state index contributed by atoms with van der Waals surface area (Å²) in [6, 6.07) is 67.8. The molecule has 4 heteroatoms. The molecule has 0 fully saturated rings. The number of fused-ring (bicyclic) bond motifs is 7. The van der Waals surface area contributed by atoms with Crippen molar-refractivity contribution in [1.82, 2.24) is 4.57 Å². The van der Waals surface area contributed by atoms with Gasteiger partial charge in [0, 0.05) is 33.5 Å². The van der Waals surface area contributed by atoms with Crippen molar-refractivity contribution in [2.45, 2.75) is 0 Å². The van der Waals surface area contributed by atoms with Crippen LogP contribution in [-0.2, 0) is 0 Å². The molecule has 0 radical (unpaired) electrons. The van der Waals surface area contributed by atoms with Gasteiger partial charge in [-0.25, -0.2) is 0 Å².